The number of benzene rings is 7. The van der Waals surface area contributed by atoms with Gasteiger partial charge in [-0.25, -0.2) is 8.78 Å². The molecule has 0 amide bonds. The van der Waals surface area contributed by atoms with E-state index in [1.807, 2.05) is 12.1 Å². The average molecular weight is 1220 g/mol. The first-order valence-corrected chi connectivity index (χ1v) is 34.1. The van der Waals surface area contributed by atoms with Crippen LogP contribution in [0.4, 0.5) is 8.78 Å². The number of rotatable bonds is 15. The van der Waals surface area contributed by atoms with Crippen LogP contribution in [-0.4, -0.2) is 15.7 Å². The van der Waals surface area contributed by atoms with Crippen molar-refractivity contribution in [1.82, 2.24) is 9.13 Å². The van der Waals surface area contributed by atoms with Gasteiger partial charge in [0.1, 0.15) is 17.4 Å². The second-order valence-corrected chi connectivity index (χ2v) is 35.2. The van der Waals surface area contributed by atoms with Gasteiger partial charge in [0.2, 0.25) is 0 Å². The molecule has 9 aromatic rings. The highest BCUT2D eigenvalue weighted by Gasteiger charge is 2.35. The smallest absolute Gasteiger partial charge is 0.127 e. The molecule has 0 spiro atoms. The van der Waals surface area contributed by atoms with E-state index in [4.69, 9.17) is 4.74 Å². The van der Waals surface area contributed by atoms with E-state index in [0.29, 0.717) is 12.4 Å². The van der Waals surface area contributed by atoms with E-state index < -0.39 is 0 Å². The highest BCUT2D eigenvalue weighted by molar-refractivity contribution is 6.10. The molecule has 10 rings (SSSR count). The fraction of sp³-hybridized carbons (Fsp3) is 0.465. The van der Waals surface area contributed by atoms with Crippen molar-refractivity contribution >= 4 is 49.2 Å². The molecule has 2 heterocycles. The van der Waals surface area contributed by atoms with Gasteiger partial charge in [-0.3, -0.25) is 0 Å². The number of aromatic nitrogens is 2. The number of unbranched alkanes of at least 4 members (excludes halogenated alkanes) is 2. The van der Waals surface area contributed by atoms with E-state index in [2.05, 4.69) is 265 Å². The van der Waals surface area contributed by atoms with Crippen LogP contribution in [-0.2, 0) is 33.5 Å². The zero-order valence-electron chi connectivity index (χ0n) is 60.0. The van der Waals surface area contributed by atoms with Crippen LogP contribution in [0.5, 0.6) is 5.75 Å². The molecule has 91 heavy (non-hydrogen) atoms. The third kappa shape index (κ3) is 14.3. The normalized spacial score (nSPS) is 15.2. The molecule has 1 atom stereocenters. The molecular formula is C86H108F2N2O. The van der Waals surface area contributed by atoms with Gasteiger partial charge < -0.3 is 13.9 Å². The van der Waals surface area contributed by atoms with Gasteiger partial charge in [0, 0.05) is 43.8 Å². The molecule has 1 aliphatic rings. The van der Waals surface area contributed by atoms with Gasteiger partial charge in [0.05, 0.1) is 23.7 Å². The number of hydrogen-bond acceptors (Lipinski definition) is 1. The van der Waals surface area contributed by atoms with E-state index in [1.54, 1.807) is 18.2 Å². The predicted molar refractivity (Wildman–Crippen MR) is 389 cm³/mol. The predicted octanol–water partition coefficient (Wildman–Crippen LogP) is 25.3. The van der Waals surface area contributed by atoms with E-state index >= 15 is 8.78 Å². The fourth-order valence-electron chi connectivity index (χ4n) is 15.2. The molecule has 482 valence electrons. The Bertz CT molecular complexity index is 4150. The SMILES string of the molecule is Cc1c(-c2cc(F)ccc2OCCCCCc2ccc(F)cc2C2=CC(C(C)(C)CC(C)(C)C)=CC(n3c4cc(C(C)(C)C)ccc4c4ccc(C(C)(C)C)cc43)C2)cc(C(C)(C)CC(C)(C)C)cc1-n1c2cc(C(C)(C)C)ccc2c2ccc(C(C)(C)C)cc21. The van der Waals surface area contributed by atoms with Crippen molar-refractivity contribution in [1.29, 1.82) is 0 Å². The summed E-state index contributed by atoms with van der Waals surface area (Å²) in [5, 5.41) is 4.97. The molecular weight excluding hydrogens is 1110 g/mol. The van der Waals surface area contributed by atoms with Gasteiger partial charge >= 0.3 is 0 Å². The maximum Gasteiger partial charge on any atom is 0.127 e. The Hall–Kier alpha value is -6.72. The monoisotopic (exact) mass is 1220 g/mol. The van der Waals surface area contributed by atoms with Crippen molar-refractivity contribution in [3.8, 4) is 22.6 Å². The number of allylic oxidation sites excluding steroid dienone is 4. The van der Waals surface area contributed by atoms with Crippen LogP contribution in [0.1, 0.15) is 241 Å². The summed E-state index contributed by atoms with van der Waals surface area (Å²) in [4.78, 5) is 0. The Kier molecular flexibility index (Phi) is 17.7. The first-order valence-electron chi connectivity index (χ1n) is 34.1. The van der Waals surface area contributed by atoms with E-state index in [0.717, 1.165) is 72.9 Å². The van der Waals surface area contributed by atoms with Crippen LogP contribution < -0.4 is 4.74 Å². The first-order chi connectivity index (χ1) is 42.1. The average Bonchev–Trinajstić information content (AvgIpc) is 1.62. The molecule has 0 aliphatic heterocycles. The fourth-order valence-corrected chi connectivity index (χ4v) is 15.2. The third-order valence-corrected chi connectivity index (χ3v) is 19.6. The largest absolute Gasteiger partial charge is 0.493 e. The highest BCUT2D eigenvalue weighted by Crippen LogP contribution is 2.50. The summed E-state index contributed by atoms with van der Waals surface area (Å²) in [5.74, 6) is 0.175. The molecule has 5 heteroatoms. The van der Waals surface area contributed by atoms with Gasteiger partial charge in [0.15, 0.2) is 0 Å². The van der Waals surface area contributed by atoms with E-state index in [-0.39, 0.29) is 61.0 Å². The number of aryl methyl sites for hydroxylation is 1. The van der Waals surface area contributed by atoms with Crippen molar-refractivity contribution in [2.45, 2.75) is 237 Å². The Morgan fingerprint density at radius 3 is 1.37 bits per heavy atom. The minimum atomic E-state index is -0.293. The lowest BCUT2D eigenvalue weighted by Crippen LogP contribution is -2.25. The van der Waals surface area contributed by atoms with Gasteiger partial charge in [-0.05, 0) is 217 Å². The molecule has 0 radical (unpaired) electrons. The van der Waals surface area contributed by atoms with Crippen molar-refractivity contribution in [2.75, 3.05) is 6.61 Å². The number of halogens is 2. The lowest BCUT2D eigenvalue weighted by Gasteiger charge is -2.37. The van der Waals surface area contributed by atoms with E-state index in [1.165, 1.54) is 94.2 Å². The minimum Gasteiger partial charge on any atom is -0.493 e. The summed E-state index contributed by atoms with van der Waals surface area (Å²) < 4.78 is 44.0. The number of fused-ring (bicyclic) bond motifs is 6. The molecule has 3 nitrogen and oxygen atoms in total. The van der Waals surface area contributed by atoms with Crippen molar-refractivity contribution < 1.29 is 13.5 Å². The van der Waals surface area contributed by atoms with E-state index in [9.17, 15) is 0 Å². The lowest BCUT2D eigenvalue weighted by molar-refractivity contribution is 0.252. The molecule has 7 aromatic carbocycles. The van der Waals surface area contributed by atoms with Crippen molar-refractivity contribution in [3.63, 3.8) is 0 Å². The second-order valence-electron chi connectivity index (χ2n) is 35.2. The molecule has 1 unspecified atom stereocenters. The van der Waals surface area contributed by atoms with Crippen LogP contribution in [0.15, 0.2) is 139 Å². The summed E-state index contributed by atoms with van der Waals surface area (Å²) in [6.45, 7) is 53.7. The molecule has 0 bridgehead atoms. The van der Waals surface area contributed by atoms with Gasteiger partial charge in [-0.15, -0.1) is 0 Å². The Morgan fingerprint density at radius 2 is 0.890 bits per heavy atom. The van der Waals surface area contributed by atoms with Crippen LogP contribution in [0.2, 0.25) is 0 Å². The topological polar surface area (TPSA) is 19.1 Å². The van der Waals surface area contributed by atoms with Crippen molar-refractivity contribution in [3.05, 3.63) is 195 Å². The zero-order chi connectivity index (χ0) is 66.5. The molecule has 2 aromatic heterocycles. The number of hydrogen-bond donors (Lipinski definition) is 0. The van der Waals surface area contributed by atoms with Crippen LogP contribution >= 0.6 is 0 Å². The Balaban J connectivity index is 0.979. The molecule has 0 saturated heterocycles. The molecule has 0 fully saturated rings. The Morgan fingerprint density at radius 1 is 0.440 bits per heavy atom. The molecule has 0 N–H and O–H groups in total. The van der Waals surface area contributed by atoms with Gasteiger partial charge in [0.25, 0.3) is 0 Å². The van der Waals surface area contributed by atoms with Crippen LogP contribution in [0.25, 0.3) is 66.0 Å². The number of nitrogens with zero attached hydrogens (tertiary/aromatic N) is 2. The quantitative estimate of drug-likeness (QED) is 0.0936. The summed E-state index contributed by atoms with van der Waals surface area (Å²) in [5.41, 5.74) is 19.4. The van der Waals surface area contributed by atoms with Gasteiger partial charge in [-0.1, -0.05) is 225 Å². The summed E-state index contributed by atoms with van der Waals surface area (Å²) >= 11 is 0. The summed E-state index contributed by atoms with van der Waals surface area (Å²) in [7, 11) is 0. The summed E-state index contributed by atoms with van der Waals surface area (Å²) in [6, 6.07) is 43.5. The van der Waals surface area contributed by atoms with Crippen molar-refractivity contribution in [2.24, 2.45) is 16.2 Å². The summed E-state index contributed by atoms with van der Waals surface area (Å²) in [6.07, 6.45) is 11.1. The maximum atomic E-state index is 16.0. The minimum absolute atomic E-state index is 0.00549. The number of ether oxygens (including phenoxy) is 1. The zero-order valence-corrected chi connectivity index (χ0v) is 60.0. The second kappa shape index (κ2) is 24.0. The third-order valence-electron chi connectivity index (χ3n) is 19.6. The Labute approximate surface area is 546 Å². The van der Waals surface area contributed by atoms with Crippen LogP contribution in [0.3, 0.4) is 0 Å². The standard InChI is InChI=1S/C86H108F2N2O/c1-54-70(44-62(86(22,23)53-80(5,6)7)49-73(54)90-76-47-59(83(14,15)16)31-37-68(76)69-38-32-60(48-77(69)90)84(17,18)19)72-51-64(88)34-39-78(72)91-40-26-24-25-27-55-28-33-63(87)50-71(55)56-41-61(85(20,21)52-79(2,3)4)43-65(42-56)89-74-45-57(81(8,9)10)29-35-66(74)67-36-30-58(46-75(67)89)82(11,12)13/h28-39,41,43-51,65H,24-27,40,42,52-53H2,1-23H3. The highest BCUT2D eigenvalue weighted by atomic mass is 19.1. The molecule has 0 saturated carbocycles. The lowest BCUT2D eigenvalue weighted by atomic mass is 9.69. The van der Waals surface area contributed by atoms with Crippen LogP contribution in [0, 0.1) is 34.8 Å². The first kappa shape index (κ1) is 67.2. The molecule has 1 aliphatic carbocycles. The van der Waals surface area contributed by atoms with Gasteiger partial charge in [-0.2, -0.15) is 0 Å². The maximum absolute atomic E-state index is 16.0.